The fraction of sp³-hybridized carbons (Fsp3) is 0.526. The molecule has 0 aliphatic heterocycles. The molecule has 1 aromatic heterocycles. The van der Waals surface area contributed by atoms with Crippen LogP contribution in [0.15, 0.2) is 35.3 Å². The highest BCUT2D eigenvalue weighted by Gasteiger charge is 2.38. The van der Waals surface area contributed by atoms with Crippen LogP contribution in [-0.4, -0.2) is 22.0 Å². The van der Waals surface area contributed by atoms with Crippen molar-refractivity contribution in [2.24, 2.45) is 17.8 Å². The van der Waals surface area contributed by atoms with E-state index >= 15 is 0 Å². The van der Waals surface area contributed by atoms with Gasteiger partial charge in [0.15, 0.2) is 0 Å². The summed E-state index contributed by atoms with van der Waals surface area (Å²) in [7, 11) is 0. The Labute approximate surface area is 141 Å². The fourth-order valence-corrected chi connectivity index (χ4v) is 4.60. The molecule has 2 saturated carbocycles. The highest BCUT2D eigenvalue weighted by Crippen LogP contribution is 2.49. The lowest BCUT2D eigenvalue weighted by molar-refractivity contribution is -0.121. The zero-order valence-corrected chi connectivity index (χ0v) is 13.8. The van der Waals surface area contributed by atoms with E-state index in [1.54, 1.807) is 0 Å². The van der Waals surface area contributed by atoms with Gasteiger partial charge in [-0.15, -0.1) is 0 Å². The van der Waals surface area contributed by atoms with Crippen molar-refractivity contribution < 1.29 is 4.79 Å². The Balaban J connectivity index is 1.36. The molecule has 5 heteroatoms. The number of nitrogens with zero attached hydrogens (tertiary/aromatic N) is 2. The number of hydrogen-bond acceptors (Lipinski definition) is 3. The van der Waals surface area contributed by atoms with Crippen molar-refractivity contribution in [2.45, 2.75) is 38.6 Å². The number of carbonyl (C=O) groups is 1. The first-order valence-electron chi connectivity index (χ1n) is 8.92. The van der Waals surface area contributed by atoms with Crippen molar-refractivity contribution in [1.82, 2.24) is 14.9 Å². The van der Waals surface area contributed by atoms with Crippen LogP contribution in [-0.2, 0) is 11.3 Å². The van der Waals surface area contributed by atoms with Gasteiger partial charge >= 0.3 is 0 Å². The first kappa shape index (κ1) is 15.4. The predicted octanol–water partition coefficient (Wildman–Crippen LogP) is 2.34. The van der Waals surface area contributed by atoms with Crippen LogP contribution in [0.1, 0.15) is 32.1 Å². The summed E-state index contributed by atoms with van der Waals surface area (Å²) in [5.41, 5.74) is 1.19. The number of rotatable bonds is 5. The summed E-state index contributed by atoms with van der Waals surface area (Å²) in [6.45, 7) is 0.767. The van der Waals surface area contributed by atoms with Crippen molar-refractivity contribution >= 4 is 16.9 Å². The molecule has 0 radical (unpaired) electrons. The molecule has 2 fully saturated rings. The van der Waals surface area contributed by atoms with E-state index < -0.39 is 0 Å². The molecule has 1 aromatic carbocycles. The number of benzene rings is 1. The lowest BCUT2D eigenvalue weighted by Crippen LogP contribution is -2.33. The van der Waals surface area contributed by atoms with Gasteiger partial charge in [0.1, 0.15) is 6.54 Å². The summed E-state index contributed by atoms with van der Waals surface area (Å²) in [6.07, 6.45) is 7.88. The summed E-state index contributed by atoms with van der Waals surface area (Å²) in [5, 5.41) is 2.99. The lowest BCUT2D eigenvalue weighted by Gasteiger charge is -2.21. The normalized spacial score (nSPS) is 25.2. The van der Waals surface area contributed by atoms with Crippen LogP contribution in [0, 0.1) is 17.8 Å². The average molecular weight is 325 g/mol. The van der Waals surface area contributed by atoms with Gasteiger partial charge in [-0.1, -0.05) is 18.6 Å². The monoisotopic (exact) mass is 325 g/mol. The van der Waals surface area contributed by atoms with E-state index in [0.29, 0.717) is 12.1 Å². The second-order valence-electron chi connectivity index (χ2n) is 7.24. The fourth-order valence-electron chi connectivity index (χ4n) is 4.60. The maximum absolute atomic E-state index is 12.3. The van der Waals surface area contributed by atoms with E-state index in [1.165, 1.54) is 36.4 Å². The van der Waals surface area contributed by atoms with E-state index in [4.69, 9.17) is 0 Å². The third-order valence-corrected chi connectivity index (χ3v) is 5.78. The lowest BCUT2D eigenvalue weighted by atomic mass is 9.86. The number of hydrogen-bond donors (Lipinski definition) is 1. The van der Waals surface area contributed by atoms with Crippen molar-refractivity contribution in [1.29, 1.82) is 0 Å². The van der Waals surface area contributed by atoms with E-state index in [2.05, 4.69) is 10.3 Å². The van der Waals surface area contributed by atoms with Gasteiger partial charge in [0.2, 0.25) is 5.91 Å². The standard InChI is InChI=1S/C19H23N3O2/c23-18(20-8-7-15-10-13-5-6-14(15)9-13)12-22-17-4-2-1-3-16(17)21-11-19(22)24/h1-4,11,13-15H,5-10,12H2,(H,20,23)/t13-,14+,15+/m0/s1. The highest BCUT2D eigenvalue weighted by molar-refractivity contribution is 5.79. The minimum absolute atomic E-state index is 0.0542. The summed E-state index contributed by atoms with van der Waals surface area (Å²) in [6, 6.07) is 7.40. The Morgan fingerprint density at radius 2 is 2.12 bits per heavy atom. The third-order valence-electron chi connectivity index (χ3n) is 5.78. The average Bonchev–Trinajstić information content (AvgIpc) is 3.20. The second-order valence-corrected chi connectivity index (χ2v) is 7.24. The van der Waals surface area contributed by atoms with Crippen molar-refractivity contribution in [3.63, 3.8) is 0 Å². The molecule has 2 aliphatic carbocycles. The van der Waals surface area contributed by atoms with Crippen LogP contribution in [0.5, 0.6) is 0 Å². The molecule has 126 valence electrons. The molecule has 1 N–H and O–H groups in total. The number of amides is 1. The van der Waals surface area contributed by atoms with Crippen LogP contribution in [0.4, 0.5) is 0 Å². The first-order valence-corrected chi connectivity index (χ1v) is 8.92. The molecule has 0 spiro atoms. The maximum Gasteiger partial charge on any atom is 0.269 e. The molecular weight excluding hydrogens is 302 g/mol. The van der Waals surface area contributed by atoms with Crippen LogP contribution < -0.4 is 10.9 Å². The Morgan fingerprint density at radius 3 is 2.92 bits per heavy atom. The van der Waals surface area contributed by atoms with Gasteiger partial charge in [-0.05, 0) is 55.6 Å². The molecule has 3 atom stereocenters. The number of para-hydroxylation sites is 2. The largest absolute Gasteiger partial charge is 0.355 e. The molecule has 4 rings (SSSR count). The molecule has 5 nitrogen and oxygen atoms in total. The molecule has 2 bridgehead atoms. The molecule has 2 aromatic rings. The minimum Gasteiger partial charge on any atom is -0.355 e. The molecule has 1 amide bonds. The zero-order chi connectivity index (χ0) is 16.5. The maximum atomic E-state index is 12.3. The molecule has 0 unspecified atom stereocenters. The van der Waals surface area contributed by atoms with Crippen molar-refractivity contribution in [3.05, 3.63) is 40.8 Å². The van der Waals surface area contributed by atoms with Crippen molar-refractivity contribution in [3.8, 4) is 0 Å². The Kier molecular flexibility index (Phi) is 4.08. The van der Waals surface area contributed by atoms with E-state index in [9.17, 15) is 9.59 Å². The van der Waals surface area contributed by atoms with Crippen LogP contribution in [0.2, 0.25) is 0 Å². The van der Waals surface area contributed by atoms with Crippen LogP contribution >= 0.6 is 0 Å². The summed E-state index contributed by atoms with van der Waals surface area (Å²) in [4.78, 5) is 28.4. The van der Waals surface area contributed by atoms with Gasteiger partial charge in [-0.3, -0.25) is 14.2 Å². The van der Waals surface area contributed by atoms with E-state index in [0.717, 1.165) is 29.7 Å². The van der Waals surface area contributed by atoms with Gasteiger partial charge in [0.25, 0.3) is 5.56 Å². The molecule has 24 heavy (non-hydrogen) atoms. The van der Waals surface area contributed by atoms with Gasteiger partial charge in [0, 0.05) is 6.54 Å². The van der Waals surface area contributed by atoms with Crippen LogP contribution in [0.3, 0.4) is 0 Å². The number of fused-ring (bicyclic) bond motifs is 3. The smallest absolute Gasteiger partial charge is 0.269 e. The van der Waals surface area contributed by atoms with Crippen molar-refractivity contribution in [2.75, 3.05) is 6.54 Å². The summed E-state index contributed by atoms with van der Waals surface area (Å²) >= 11 is 0. The van der Waals surface area contributed by atoms with Crippen LogP contribution in [0.25, 0.3) is 11.0 Å². The number of carbonyl (C=O) groups excluding carboxylic acids is 1. The third kappa shape index (κ3) is 2.95. The quantitative estimate of drug-likeness (QED) is 0.918. The Hall–Kier alpha value is -2.17. The number of nitrogens with one attached hydrogen (secondary N) is 1. The molecular formula is C19H23N3O2. The molecule has 2 aliphatic rings. The SMILES string of the molecule is O=C(Cn1c(=O)cnc2ccccc21)NCC[C@@H]1C[C@H]2CC[C@@H]1C2. The van der Waals surface area contributed by atoms with E-state index in [1.807, 2.05) is 24.3 Å². The van der Waals surface area contributed by atoms with E-state index in [-0.39, 0.29) is 18.0 Å². The van der Waals surface area contributed by atoms with Gasteiger partial charge in [0.05, 0.1) is 17.2 Å². The molecule has 1 heterocycles. The zero-order valence-electron chi connectivity index (χ0n) is 13.8. The summed E-state index contributed by atoms with van der Waals surface area (Å²) in [5.74, 6) is 2.52. The predicted molar refractivity (Wildman–Crippen MR) is 92.6 cm³/mol. The minimum atomic E-state index is -0.239. The Bertz CT molecular complexity index is 814. The second kappa shape index (κ2) is 6.38. The topological polar surface area (TPSA) is 64.0 Å². The number of aromatic nitrogens is 2. The highest BCUT2D eigenvalue weighted by atomic mass is 16.2. The Morgan fingerprint density at radius 1 is 1.25 bits per heavy atom. The first-order chi connectivity index (χ1) is 11.7. The van der Waals surface area contributed by atoms with Gasteiger partial charge in [-0.2, -0.15) is 0 Å². The van der Waals surface area contributed by atoms with Gasteiger partial charge < -0.3 is 5.32 Å². The van der Waals surface area contributed by atoms with Gasteiger partial charge in [-0.25, -0.2) is 4.98 Å². The summed E-state index contributed by atoms with van der Waals surface area (Å²) < 4.78 is 1.50. The molecule has 0 saturated heterocycles.